The van der Waals surface area contributed by atoms with Gasteiger partial charge >= 0.3 is 5.97 Å². The van der Waals surface area contributed by atoms with Gasteiger partial charge in [0.15, 0.2) is 0 Å². The van der Waals surface area contributed by atoms with E-state index in [1.165, 1.54) is 44.1 Å². The topological polar surface area (TPSA) is 37.3 Å². The lowest BCUT2D eigenvalue weighted by Crippen LogP contribution is -2.58. The third kappa shape index (κ3) is 1.65. The zero-order valence-electron chi connectivity index (χ0n) is 14.2. The van der Waals surface area contributed by atoms with Crippen LogP contribution >= 0.6 is 0 Å². The molecule has 1 spiro atoms. The molecule has 0 amide bonds. The van der Waals surface area contributed by atoms with Gasteiger partial charge in [0.05, 0.1) is 5.41 Å². The van der Waals surface area contributed by atoms with Crippen molar-refractivity contribution in [2.24, 2.45) is 34.0 Å². The SMILES string of the molecule is C=C1C[C@]23CC[C@@H]4[C@](C)(CCC[C@@]4(C)C(=O)O)[C@H]2CC[C@H]1C3. The molecule has 0 heterocycles. The molecule has 2 bridgehead atoms. The van der Waals surface area contributed by atoms with Crippen LogP contribution in [-0.4, -0.2) is 11.1 Å². The molecule has 2 heteroatoms. The number of rotatable bonds is 1. The van der Waals surface area contributed by atoms with Crippen molar-refractivity contribution in [1.82, 2.24) is 0 Å². The maximum Gasteiger partial charge on any atom is 0.309 e. The van der Waals surface area contributed by atoms with E-state index in [1.807, 2.05) is 6.92 Å². The number of hydrogen-bond acceptors (Lipinski definition) is 1. The Kier molecular flexibility index (Phi) is 2.95. The summed E-state index contributed by atoms with van der Waals surface area (Å²) < 4.78 is 0. The second kappa shape index (κ2) is 4.39. The molecule has 0 aromatic heterocycles. The van der Waals surface area contributed by atoms with E-state index in [9.17, 15) is 9.90 Å². The van der Waals surface area contributed by atoms with Gasteiger partial charge in [0.1, 0.15) is 0 Å². The van der Waals surface area contributed by atoms with E-state index in [0.717, 1.165) is 31.1 Å². The van der Waals surface area contributed by atoms with Crippen LogP contribution in [0.2, 0.25) is 0 Å². The highest BCUT2D eigenvalue weighted by Gasteiger charge is 2.64. The van der Waals surface area contributed by atoms with E-state index in [0.29, 0.717) is 11.3 Å². The Morgan fingerprint density at radius 1 is 1.14 bits per heavy atom. The lowest BCUT2D eigenvalue weighted by atomic mass is 9.41. The zero-order valence-corrected chi connectivity index (χ0v) is 14.2. The molecule has 4 aliphatic carbocycles. The maximum atomic E-state index is 12.0. The summed E-state index contributed by atoms with van der Waals surface area (Å²) in [6.45, 7) is 8.86. The lowest BCUT2D eigenvalue weighted by Gasteiger charge is -2.63. The molecule has 4 saturated carbocycles. The Hall–Kier alpha value is -0.790. The number of hydrogen-bond donors (Lipinski definition) is 1. The van der Waals surface area contributed by atoms with Gasteiger partial charge in [0.25, 0.3) is 0 Å². The van der Waals surface area contributed by atoms with Crippen LogP contribution in [0.1, 0.15) is 71.6 Å². The monoisotopic (exact) mass is 302 g/mol. The number of allylic oxidation sites excluding steroid dienone is 1. The van der Waals surface area contributed by atoms with E-state index < -0.39 is 11.4 Å². The molecule has 22 heavy (non-hydrogen) atoms. The van der Waals surface area contributed by atoms with Gasteiger partial charge in [-0.1, -0.05) is 25.5 Å². The molecule has 4 rings (SSSR count). The number of carbonyl (C=O) groups is 1. The summed E-state index contributed by atoms with van der Waals surface area (Å²) in [5.74, 6) is 1.32. The van der Waals surface area contributed by atoms with Crippen molar-refractivity contribution in [2.45, 2.75) is 71.6 Å². The predicted octanol–water partition coefficient (Wildman–Crippen LogP) is 5.04. The minimum atomic E-state index is -0.552. The average molecular weight is 302 g/mol. The Balaban J connectivity index is 1.75. The highest BCUT2D eigenvalue weighted by Crippen LogP contribution is 2.72. The molecule has 0 aromatic rings. The second-order valence-corrected chi connectivity index (χ2v) is 9.40. The van der Waals surface area contributed by atoms with Crippen molar-refractivity contribution >= 4 is 5.97 Å². The standard InChI is InChI=1S/C20H30O2/c1-13-11-20-10-7-15-18(2,16(20)6-5-14(13)12-20)8-4-9-19(15,3)17(21)22/h14-16H,1,4-12H2,2-3H3,(H,21,22)/t14-,15+,16+,18-,19+,20-/m0/s1. The zero-order chi connectivity index (χ0) is 15.8. The van der Waals surface area contributed by atoms with Gasteiger partial charge < -0.3 is 5.11 Å². The highest BCUT2D eigenvalue weighted by atomic mass is 16.4. The summed E-state index contributed by atoms with van der Waals surface area (Å²) in [6, 6.07) is 0. The van der Waals surface area contributed by atoms with Crippen molar-refractivity contribution in [3.8, 4) is 0 Å². The van der Waals surface area contributed by atoms with Crippen LogP contribution in [0.25, 0.3) is 0 Å². The molecule has 0 saturated heterocycles. The van der Waals surface area contributed by atoms with Gasteiger partial charge in [-0.25, -0.2) is 0 Å². The van der Waals surface area contributed by atoms with E-state index in [4.69, 9.17) is 0 Å². The Bertz CT molecular complexity index is 538. The first kappa shape index (κ1) is 14.8. The largest absolute Gasteiger partial charge is 0.481 e. The van der Waals surface area contributed by atoms with E-state index in [1.54, 1.807) is 0 Å². The van der Waals surface area contributed by atoms with Gasteiger partial charge in [0.2, 0.25) is 0 Å². The van der Waals surface area contributed by atoms with Crippen LogP contribution in [0.3, 0.4) is 0 Å². The molecular formula is C20H30O2. The summed E-state index contributed by atoms with van der Waals surface area (Å²) in [5.41, 5.74) is 1.71. The molecule has 6 atom stereocenters. The molecular weight excluding hydrogens is 272 g/mol. The minimum Gasteiger partial charge on any atom is -0.481 e. The Labute approximate surface area is 134 Å². The van der Waals surface area contributed by atoms with Crippen molar-refractivity contribution in [2.75, 3.05) is 0 Å². The Morgan fingerprint density at radius 3 is 2.64 bits per heavy atom. The van der Waals surface area contributed by atoms with Crippen molar-refractivity contribution in [3.05, 3.63) is 12.2 Å². The summed E-state index contributed by atoms with van der Waals surface area (Å²) in [7, 11) is 0. The molecule has 4 aliphatic rings. The second-order valence-electron chi connectivity index (χ2n) is 9.40. The van der Waals surface area contributed by atoms with Crippen LogP contribution < -0.4 is 0 Å². The van der Waals surface area contributed by atoms with E-state index >= 15 is 0 Å². The van der Waals surface area contributed by atoms with Gasteiger partial charge in [-0.15, -0.1) is 0 Å². The number of carboxylic acid groups (broad SMARTS) is 1. The fourth-order valence-electron chi connectivity index (χ4n) is 7.61. The molecule has 122 valence electrons. The normalized spacial score (nSPS) is 53.7. The van der Waals surface area contributed by atoms with E-state index in [-0.39, 0.29) is 5.41 Å². The fourth-order valence-corrected chi connectivity index (χ4v) is 7.61. The van der Waals surface area contributed by atoms with E-state index in [2.05, 4.69) is 13.5 Å². The van der Waals surface area contributed by atoms with Crippen LogP contribution in [0.15, 0.2) is 12.2 Å². The molecule has 0 aliphatic heterocycles. The third-order valence-electron chi connectivity index (χ3n) is 8.54. The first-order chi connectivity index (χ1) is 10.3. The summed E-state index contributed by atoms with van der Waals surface area (Å²) in [6.07, 6.45) is 10.8. The van der Waals surface area contributed by atoms with Crippen LogP contribution in [-0.2, 0) is 4.79 Å². The third-order valence-corrected chi connectivity index (χ3v) is 8.54. The molecule has 0 unspecified atom stereocenters. The van der Waals surface area contributed by atoms with Gasteiger partial charge in [-0.3, -0.25) is 4.79 Å². The predicted molar refractivity (Wildman–Crippen MR) is 87.4 cm³/mol. The number of fused-ring (bicyclic) bond motifs is 3. The van der Waals surface area contributed by atoms with Gasteiger partial charge in [-0.2, -0.15) is 0 Å². The average Bonchev–Trinajstić information content (AvgIpc) is 2.68. The first-order valence-electron chi connectivity index (χ1n) is 9.23. The number of aliphatic carboxylic acids is 1. The summed E-state index contributed by atoms with van der Waals surface area (Å²) >= 11 is 0. The Morgan fingerprint density at radius 2 is 1.91 bits per heavy atom. The summed E-state index contributed by atoms with van der Waals surface area (Å²) in [5, 5.41) is 9.90. The van der Waals surface area contributed by atoms with Gasteiger partial charge in [0, 0.05) is 0 Å². The van der Waals surface area contributed by atoms with Crippen LogP contribution in [0.4, 0.5) is 0 Å². The molecule has 2 nitrogen and oxygen atoms in total. The first-order valence-corrected chi connectivity index (χ1v) is 9.23. The minimum absolute atomic E-state index is 0.235. The highest BCUT2D eigenvalue weighted by molar-refractivity contribution is 5.75. The lowest BCUT2D eigenvalue weighted by molar-refractivity contribution is -0.181. The summed E-state index contributed by atoms with van der Waals surface area (Å²) in [4.78, 5) is 12.0. The van der Waals surface area contributed by atoms with Gasteiger partial charge in [-0.05, 0) is 86.9 Å². The van der Waals surface area contributed by atoms with Crippen molar-refractivity contribution < 1.29 is 9.90 Å². The molecule has 1 N–H and O–H groups in total. The quantitative estimate of drug-likeness (QED) is 0.689. The van der Waals surface area contributed by atoms with Crippen molar-refractivity contribution in [1.29, 1.82) is 0 Å². The molecule has 4 fully saturated rings. The van der Waals surface area contributed by atoms with Crippen LogP contribution in [0.5, 0.6) is 0 Å². The van der Waals surface area contributed by atoms with Crippen molar-refractivity contribution in [3.63, 3.8) is 0 Å². The smallest absolute Gasteiger partial charge is 0.309 e. The molecule has 0 radical (unpaired) electrons. The maximum absolute atomic E-state index is 12.0. The molecule has 0 aromatic carbocycles. The fraction of sp³-hybridized carbons (Fsp3) is 0.850. The number of carboxylic acids is 1. The van der Waals surface area contributed by atoms with Crippen LogP contribution in [0, 0.1) is 34.0 Å².